The Kier molecular flexibility index (Phi) is 13.6. The van der Waals surface area contributed by atoms with Gasteiger partial charge in [-0.2, -0.15) is 0 Å². The summed E-state index contributed by atoms with van der Waals surface area (Å²) < 4.78 is 10.3. The molecule has 34 heavy (non-hydrogen) atoms. The number of rotatable bonds is 11. The van der Waals surface area contributed by atoms with Crippen LogP contribution in [0.25, 0.3) is 11.1 Å². The third-order valence-electron chi connectivity index (χ3n) is 4.74. The van der Waals surface area contributed by atoms with Crippen molar-refractivity contribution >= 4 is 48.7 Å². The quantitative estimate of drug-likeness (QED) is 0.296. The van der Waals surface area contributed by atoms with E-state index in [4.69, 9.17) is 9.47 Å². The van der Waals surface area contributed by atoms with E-state index in [2.05, 4.69) is 0 Å². The predicted octanol–water partition coefficient (Wildman–Crippen LogP) is 5.51. The third-order valence-corrected chi connectivity index (χ3v) is 4.74. The molecule has 0 aliphatic carbocycles. The Bertz CT molecular complexity index is 939. The lowest BCUT2D eigenvalue weighted by Crippen LogP contribution is -2.13. The molecule has 0 aliphatic rings. The highest BCUT2D eigenvalue weighted by Gasteiger charge is 2.22. The molecule has 0 amide bonds. The van der Waals surface area contributed by atoms with Crippen molar-refractivity contribution in [3.8, 4) is 11.1 Å². The number of halogens is 2. The van der Waals surface area contributed by atoms with Gasteiger partial charge in [-0.05, 0) is 48.2 Å². The molecule has 0 saturated heterocycles. The van der Waals surface area contributed by atoms with Gasteiger partial charge in [0.25, 0.3) is 0 Å². The van der Waals surface area contributed by atoms with Crippen molar-refractivity contribution < 1.29 is 38.9 Å². The molecular weight excluding hydrogens is 487 g/mol. The zero-order valence-electron chi connectivity index (χ0n) is 18.9. The number of carbonyl (C=O) groups excluding carboxylic acids is 2. The molecule has 0 aliphatic heterocycles. The lowest BCUT2D eigenvalue weighted by molar-refractivity contribution is 0.0483. The molecule has 0 spiro atoms. The fraction of sp³-hybridized carbons (Fsp3) is 0.333. The number of unbranched alkanes of at least 4 members (excludes halogenated alkanes) is 2. The zero-order chi connectivity index (χ0) is 23.7. The van der Waals surface area contributed by atoms with Crippen molar-refractivity contribution in [2.45, 2.75) is 39.5 Å². The maximum Gasteiger partial charge on any atom is 0.339 e. The molecule has 2 aromatic rings. The van der Waals surface area contributed by atoms with Crippen molar-refractivity contribution in [1.82, 2.24) is 0 Å². The van der Waals surface area contributed by atoms with Gasteiger partial charge in [0.15, 0.2) is 0 Å². The highest BCUT2D eigenvalue weighted by molar-refractivity contribution is 6.05. The number of carboxylic acids is 2. The molecule has 2 rings (SSSR count). The van der Waals surface area contributed by atoms with E-state index in [1.807, 2.05) is 13.8 Å². The number of hydrogen-bond acceptors (Lipinski definition) is 6. The van der Waals surface area contributed by atoms with E-state index in [-0.39, 0.29) is 60.3 Å². The van der Waals surface area contributed by atoms with Gasteiger partial charge in [-0.1, -0.05) is 38.8 Å². The van der Waals surface area contributed by atoms with Crippen molar-refractivity contribution in [2.24, 2.45) is 0 Å². The second kappa shape index (κ2) is 14.9. The van der Waals surface area contributed by atoms with Crippen LogP contribution in [0.1, 0.15) is 81.0 Å². The van der Waals surface area contributed by atoms with Crippen LogP contribution < -0.4 is 0 Å². The van der Waals surface area contributed by atoms with Crippen LogP contribution in [0.5, 0.6) is 0 Å². The topological polar surface area (TPSA) is 127 Å². The first kappa shape index (κ1) is 30.9. The Labute approximate surface area is 210 Å². The summed E-state index contributed by atoms with van der Waals surface area (Å²) in [4.78, 5) is 48.0. The molecule has 0 fully saturated rings. The molecule has 0 atom stereocenters. The molecule has 2 N–H and O–H groups in total. The van der Waals surface area contributed by atoms with Gasteiger partial charge in [0.1, 0.15) is 0 Å². The summed E-state index contributed by atoms with van der Waals surface area (Å²) in [5.74, 6) is -4.08. The molecule has 186 valence electrons. The summed E-state index contributed by atoms with van der Waals surface area (Å²) >= 11 is 0. The van der Waals surface area contributed by atoms with Crippen LogP contribution >= 0.6 is 24.8 Å². The van der Waals surface area contributed by atoms with Gasteiger partial charge in [0.2, 0.25) is 0 Å². The standard InChI is InChI=1S/C24H26O8.2ClH/c1-3-5-11-31-23(29)19-13-15(7-9-17(19)21(25)26)16-8-10-18(22(27)28)20(14-16)24(30)32-12-6-4-2;;/h7-10,13-14H,3-6,11-12H2,1-2H3,(H,25,26)(H,27,28);2*1H. The summed E-state index contributed by atoms with van der Waals surface area (Å²) in [6.07, 6.45) is 2.92. The summed E-state index contributed by atoms with van der Waals surface area (Å²) in [5.41, 5.74) is 0.183. The second-order valence-corrected chi connectivity index (χ2v) is 7.11. The second-order valence-electron chi connectivity index (χ2n) is 7.11. The average molecular weight is 515 g/mol. The molecule has 0 heterocycles. The van der Waals surface area contributed by atoms with Crippen LogP contribution in [-0.2, 0) is 9.47 Å². The maximum atomic E-state index is 12.5. The average Bonchev–Trinajstić information content (AvgIpc) is 2.78. The highest BCUT2D eigenvalue weighted by atomic mass is 35.5. The summed E-state index contributed by atoms with van der Waals surface area (Å²) in [5, 5.41) is 18.9. The molecule has 10 heteroatoms. The van der Waals surface area contributed by atoms with Gasteiger partial charge in [0, 0.05) is 0 Å². The molecule has 0 aromatic heterocycles. The highest BCUT2D eigenvalue weighted by Crippen LogP contribution is 2.26. The van der Waals surface area contributed by atoms with E-state index >= 15 is 0 Å². The van der Waals surface area contributed by atoms with Crippen LogP contribution in [0.3, 0.4) is 0 Å². The minimum absolute atomic E-state index is 0. The minimum atomic E-state index is -1.28. The minimum Gasteiger partial charge on any atom is -0.478 e. The molecule has 0 unspecified atom stereocenters. The first-order valence-corrected chi connectivity index (χ1v) is 10.4. The number of carbonyl (C=O) groups is 4. The SMILES string of the molecule is CCCCOC(=O)c1cc(-c2ccc(C(=O)O)c(C(=O)OCCCC)c2)ccc1C(=O)O.Cl.Cl. The third kappa shape index (κ3) is 8.04. The van der Waals surface area contributed by atoms with E-state index in [9.17, 15) is 29.4 Å². The van der Waals surface area contributed by atoms with Crippen molar-refractivity contribution in [3.05, 3.63) is 58.7 Å². The summed E-state index contributed by atoms with van der Waals surface area (Å²) in [6.45, 7) is 4.20. The molecular formula is C24H28Cl2O8. The van der Waals surface area contributed by atoms with Crippen LogP contribution in [-0.4, -0.2) is 47.3 Å². The lowest BCUT2D eigenvalue weighted by atomic mass is 9.96. The molecule has 0 radical (unpaired) electrons. The number of hydrogen-bond donors (Lipinski definition) is 2. The smallest absolute Gasteiger partial charge is 0.339 e. The van der Waals surface area contributed by atoms with Gasteiger partial charge in [0.05, 0.1) is 35.5 Å². The maximum absolute atomic E-state index is 12.5. The number of carboxylic acid groups (broad SMARTS) is 2. The van der Waals surface area contributed by atoms with E-state index in [1.165, 1.54) is 36.4 Å². The molecule has 0 saturated carbocycles. The number of ether oxygens (including phenoxy) is 2. The summed E-state index contributed by atoms with van der Waals surface area (Å²) in [6, 6.07) is 8.23. The fourth-order valence-corrected chi connectivity index (χ4v) is 2.93. The van der Waals surface area contributed by atoms with E-state index in [1.54, 1.807) is 0 Å². The van der Waals surface area contributed by atoms with Gasteiger partial charge >= 0.3 is 23.9 Å². The lowest BCUT2D eigenvalue weighted by Gasteiger charge is -2.12. The van der Waals surface area contributed by atoms with Gasteiger partial charge in [-0.3, -0.25) is 0 Å². The predicted molar refractivity (Wildman–Crippen MR) is 131 cm³/mol. The number of aromatic carboxylic acids is 2. The number of benzene rings is 2. The van der Waals surface area contributed by atoms with Crippen LogP contribution in [0.2, 0.25) is 0 Å². The monoisotopic (exact) mass is 514 g/mol. The van der Waals surface area contributed by atoms with Gasteiger partial charge in [-0.25, -0.2) is 19.2 Å². The summed E-state index contributed by atoms with van der Waals surface area (Å²) in [7, 11) is 0. The van der Waals surface area contributed by atoms with Crippen LogP contribution in [0.4, 0.5) is 0 Å². The van der Waals surface area contributed by atoms with E-state index < -0.39 is 23.9 Å². The Morgan fingerprint density at radius 2 is 1.00 bits per heavy atom. The normalized spacial score (nSPS) is 9.82. The molecule has 0 bridgehead atoms. The molecule has 8 nitrogen and oxygen atoms in total. The Hall–Kier alpha value is -3.10. The number of esters is 2. The van der Waals surface area contributed by atoms with Gasteiger partial charge in [-0.15, -0.1) is 24.8 Å². The Morgan fingerprint density at radius 3 is 1.29 bits per heavy atom. The largest absolute Gasteiger partial charge is 0.478 e. The Morgan fingerprint density at radius 1 is 0.647 bits per heavy atom. The fourth-order valence-electron chi connectivity index (χ4n) is 2.93. The van der Waals surface area contributed by atoms with Gasteiger partial charge < -0.3 is 19.7 Å². The van der Waals surface area contributed by atoms with E-state index in [0.717, 1.165) is 12.8 Å². The van der Waals surface area contributed by atoms with Crippen LogP contribution in [0.15, 0.2) is 36.4 Å². The van der Waals surface area contributed by atoms with Crippen molar-refractivity contribution in [2.75, 3.05) is 13.2 Å². The van der Waals surface area contributed by atoms with Crippen molar-refractivity contribution in [1.29, 1.82) is 0 Å². The van der Waals surface area contributed by atoms with Crippen LogP contribution in [0, 0.1) is 0 Å². The molecule has 2 aromatic carbocycles. The van der Waals surface area contributed by atoms with Crippen molar-refractivity contribution in [3.63, 3.8) is 0 Å². The first-order chi connectivity index (χ1) is 15.3. The Balaban J connectivity index is 0.00000544. The first-order valence-electron chi connectivity index (χ1n) is 10.4. The van der Waals surface area contributed by atoms with E-state index in [0.29, 0.717) is 24.0 Å². The zero-order valence-corrected chi connectivity index (χ0v) is 20.5.